The van der Waals surface area contributed by atoms with Crippen LogP contribution in [-0.4, -0.2) is 65.2 Å². The molecule has 0 spiro atoms. The van der Waals surface area contributed by atoms with Crippen LogP contribution in [0.25, 0.3) is 0 Å². The van der Waals surface area contributed by atoms with Gasteiger partial charge in [-0.3, -0.25) is 9.59 Å². The molecule has 0 radical (unpaired) electrons. The molecule has 1 aliphatic heterocycles. The highest BCUT2D eigenvalue weighted by atomic mass is 35.5. The predicted octanol–water partition coefficient (Wildman–Crippen LogP) is 1.91. The van der Waals surface area contributed by atoms with Gasteiger partial charge in [0, 0.05) is 25.9 Å². The van der Waals surface area contributed by atoms with Crippen molar-refractivity contribution in [3.8, 4) is 0 Å². The zero-order valence-corrected chi connectivity index (χ0v) is 18.3. The van der Waals surface area contributed by atoms with E-state index in [2.05, 4.69) is 15.3 Å². The highest BCUT2D eigenvalue weighted by Gasteiger charge is 2.34. The van der Waals surface area contributed by atoms with E-state index >= 15 is 0 Å². The average Bonchev–Trinajstić information content (AvgIpc) is 3.26. The van der Waals surface area contributed by atoms with Crippen molar-refractivity contribution in [2.75, 3.05) is 25.1 Å². The Labute approximate surface area is 185 Å². The van der Waals surface area contributed by atoms with Crippen molar-refractivity contribution in [2.24, 2.45) is 5.73 Å². The molecule has 30 heavy (non-hydrogen) atoms. The first-order chi connectivity index (χ1) is 14.1. The summed E-state index contributed by atoms with van der Waals surface area (Å²) in [6.45, 7) is 2.49. The molecule has 162 valence electrons. The number of nitrogens with zero attached hydrogens (tertiary/aromatic N) is 2. The summed E-state index contributed by atoms with van der Waals surface area (Å²) < 4.78 is 5.53. The lowest BCUT2D eigenvalue weighted by molar-refractivity contribution is 0.0539. The van der Waals surface area contributed by atoms with Crippen molar-refractivity contribution in [2.45, 2.75) is 25.5 Å². The number of H-pyrrole nitrogens is 1. The van der Waals surface area contributed by atoms with Gasteiger partial charge in [-0.25, -0.2) is 9.78 Å². The normalized spacial score (nSPS) is 19.0. The molecule has 5 N–H and O–H groups in total. The Morgan fingerprint density at radius 1 is 1.37 bits per heavy atom. The first-order valence-corrected chi connectivity index (χ1v) is 10.4. The molecule has 3 rings (SSSR count). The summed E-state index contributed by atoms with van der Waals surface area (Å²) in [4.78, 5) is 44.1. The van der Waals surface area contributed by atoms with Crippen molar-refractivity contribution in [1.29, 1.82) is 0 Å². The number of carbonyl (C=O) groups is 3. The van der Waals surface area contributed by atoms with E-state index in [4.69, 9.17) is 33.7 Å². The van der Waals surface area contributed by atoms with E-state index in [1.54, 1.807) is 11.8 Å². The molecule has 2 atom stereocenters. The maximum Gasteiger partial charge on any atom is 0.356 e. The number of aromatic nitrogens is 2. The van der Waals surface area contributed by atoms with Crippen LogP contribution in [0.4, 0.5) is 5.13 Å². The minimum absolute atomic E-state index is 0.115. The molecule has 1 aliphatic rings. The summed E-state index contributed by atoms with van der Waals surface area (Å²) >= 11 is 13.1. The van der Waals surface area contributed by atoms with E-state index in [1.807, 2.05) is 0 Å². The highest BCUT2D eigenvalue weighted by Crippen LogP contribution is 2.31. The average molecular weight is 476 g/mol. The molecule has 0 aromatic carbocycles. The van der Waals surface area contributed by atoms with Gasteiger partial charge >= 0.3 is 5.97 Å². The van der Waals surface area contributed by atoms with Gasteiger partial charge in [-0.05, 0) is 13.3 Å². The van der Waals surface area contributed by atoms with Gasteiger partial charge in [0.25, 0.3) is 11.8 Å². The van der Waals surface area contributed by atoms with E-state index in [0.29, 0.717) is 35.4 Å². The van der Waals surface area contributed by atoms with E-state index in [0.717, 1.165) is 11.3 Å². The second kappa shape index (κ2) is 8.80. The number of nitrogens with two attached hydrogens (primary N) is 1. The molecule has 2 unspecified atom stereocenters. The number of methoxy groups -OCH3 is 1. The molecule has 3 heterocycles. The summed E-state index contributed by atoms with van der Waals surface area (Å²) in [5.41, 5.74) is 5.65. The fourth-order valence-corrected chi connectivity index (χ4v) is 4.58. The number of carboxylic acid groups (broad SMARTS) is 1. The Morgan fingerprint density at radius 3 is 2.57 bits per heavy atom. The molecule has 2 aromatic heterocycles. The van der Waals surface area contributed by atoms with Crippen LogP contribution in [-0.2, 0) is 4.74 Å². The number of carboxylic acids is 1. The molecule has 1 fully saturated rings. The van der Waals surface area contributed by atoms with Crippen molar-refractivity contribution >= 4 is 57.5 Å². The lowest BCUT2D eigenvalue weighted by Gasteiger charge is -2.37. The van der Waals surface area contributed by atoms with Gasteiger partial charge in [0.05, 0.1) is 22.2 Å². The number of aromatic amines is 1. The number of hydrogen-bond acceptors (Lipinski definition) is 7. The van der Waals surface area contributed by atoms with Crippen molar-refractivity contribution in [3.63, 3.8) is 0 Å². The van der Waals surface area contributed by atoms with Gasteiger partial charge < -0.3 is 30.8 Å². The molecule has 0 bridgehead atoms. The summed E-state index contributed by atoms with van der Waals surface area (Å²) in [6.07, 6.45) is 0.0746. The summed E-state index contributed by atoms with van der Waals surface area (Å²) in [7, 11) is 1.51. The topological polar surface area (TPSA) is 151 Å². The maximum atomic E-state index is 12.6. The fourth-order valence-electron chi connectivity index (χ4n) is 3.22. The number of thiazole rings is 1. The van der Waals surface area contributed by atoms with Gasteiger partial charge in [0.2, 0.25) is 0 Å². The number of primary amides is 1. The quantitative estimate of drug-likeness (QED) is 0.497. The molecule has 1 saturated heterocycles. The highest BCUT2D eigenvalue weighted by molar-refractivity contribution is 7.17. The third kappa shape index (κ3) is 4.24. The van der Waals surface area contributed by atoms with E-state index in [1.165, 1.54) is 7.11 Å². The number of anilines is 1. The lowest BCUT2D eigenvalue weighted by atomic mass is 10.0. The maximum absolute atomic E-state index is 12.6. The fraction of sp³-hybridized carbons (Fsp3) is 0.412. The Hall–Kier alpha value is -2.34. The molecule has 0 saturated carbocycles. The van der Waals surface area contributed by atoms with Crippen molar-refractivity contribution in [1.82, 2.24) is 15.3 Å². The second-order valence-electron chi connectivity index (χ2n) is 6.69. The van der Waals surface area contributed by atoms with Crippen LogP contribution >= 0.6 is 34.5 Å². The minimum Gasteiger partial charge on any atom is -0.476 e. The number of hydrogen-bond donors (Lipinski definition) is 4. The number of aryl methyl sites for hydroxylation is 1. The Bertz CT molecular complexity index is 976. The zero-order chi connectivity index (χ0) is 22.2. The number of amides is 2. The third-order valence-electron chi connectivity index (χ3n) is 4.77. The number of ether oxygens (including phenoxy) is 1. The van der Waals surface area contributed by atoms with Crippen LogP contribution in [0.15, 0.2) is 0 Å². The van der Waals surface area contributed by atoms with Crippen LogP contribution in [0.2, 0.25) is 10.0 Å². The molecule has 10 nitrogen and oxygen atoms in total. The minimum atomic E-state index is -1.33. The van der Waals surface area contributed by atoms with Crippen LogP contribution in [0.1, 0.15) is 42.8 Å². The van der Waals surface area contributed by atoms with E-state index < -0.39 is 23.9 Å². The number of nitrogens with one attached hydrogen (secondary N) is 2. The number of rotatable bonds is 6. The molecular weight excluding hydrogens is 457 g/mol. The van der Waals surface area contributed by atoms with Crippen molar-refractivity contribution < 1.29 is 24.2 Å². The van der Waals surface area contributed by atoms with Crippen LogP contribution < -0.4 is 16.0 Å². The third-order valence-corrected chi connectivity index (χ3v) is 6.85. The zero-order valence-electron chi connectivity index (χ0n) is 16.0. The predicted molar refractivity (Wildman–Crippen MR) is 112 cm³/mol. The van der Waals surface area contributed by atoms with Crippen LogP contribution in [0.3, 0.4) is 0 Å². The van der Waals surface area contributed by atoms with Gasteiger partial charge in [0.15, 0.2) is 10.8 Å². The SMILES string of the molecule is COC1CN(c2nc(C(=O)O)c(C(N)=O)s2)CCC1NC(=O)c1[nH]c(C)c(Cl)c1Cl. The lowest BCUT2D eigenvalue weighted by Crippen LogP contribution is -2.55. The molecular formula is C17H19Cl2N5O5S. The molecule has 2 aromatic rings. The summed E-state index contributed by atoms with van der Waals surface area (Å²) in [6, 6.07) is -0.327. The summed E-state index contributed by atoms with van der Waals surface area (Å²) in [5.74, 6) is -2.58. The van der Waals surface area contributed by atoms with E-state index in [-0.39, 0.29) is 27.3 Å². The smallest absolute Gasteiger partial charge is 0.356 e. The van der Waals surface area contributed by atoms with Gasteiger partial charge in [-0.15, -0.1) is 0 Å². The standard InChI is InChI=1S/C17H19Cl2N5O5S/c1-6-9(18)10(19)11(21-6)15(26)22-7-3-4-24(5-8(7)29-2)17-23-12(16(27)28)13(30-17)14(20)25/h7-8,21H,3-5H2,1-2H3,(H2,20,25)(H,22,26)(H,27,28). The number of aromatic carboxylic acids is 1. The first kappa shape index (κ1) is 22.3. The van der Waals surface area contributed by atoms with Crippen molar-refractivity contribution in [3.05, 3.63) is 32.0 Å². The summed E-state index contributed by atoms with van der Waals surface area (Å²) in [5, 5.41) is 12.9. The Kier molecular flexibility index (Phi) is 6.56. The largest absolute Gasteiger partial charge is 0.476 e. The Balaban J connectivity index is 1.74. The van der Waals surface area contributed by atoms with E-state index in [9.17, 15) is 19.5 Å². The molecule has 2 amide bonds. The molecule has 13 heteroatoms. The first-order valence-electron chi connectivity index (χ1n) is 8.80. The van der Waals surface area contributed by atoms with Crippen LogP contribution in [0.5, 0.6) is 0 Å². The van der Waals surface area contributed by atoms with Crippen LogP contribution in [0, 0.1) is 6.92 Å². The molecule has 0 aliphatic carbocycles. The van der Waals surface area contributed by atoms with Gasteiger partial charge in [-0.2, -0.15) is 0 Å². The monoisotopic (exact) mass is 475 g/mol. The number of piperidine rings is 1. The Morgan fingerprint density at radius 2 is 2.07 bits per heavy atom. The van der Waals surface area contributed by atoms with Gasteiger partial charge in [-0.1, -0.05) is 34.5 Å². The van der Waals surface area contributed by atoms with Gasteiger partial charge in [0.1, 0.15) is 10.6 Å². The second-order valence-corrected chi connectivity index (χ2v) is 8.42. The number of halogens is 2. The number of carbonyl (C=O) groups excluding carboxylic acids is 2.